The van der Waals surface area contributed by atoms with E-state index in [0.717, 1.165) is 102 Å². The summed E-state index contributed by atoms with van der Waals surface area (Å²) in [6.45, 7) is 19.6. The number of sulfone groups is 1. The summed E-state index contributed by atoms with van der Waals surface area (Å²) in [5, 5.41) is 20.2. The largest absolute Gasteiger partial charge is 0.501 e. The summed E-state index contributed by atoms with van der Waals surface area (Å²) < 4.78 is 116. The number of hydrogen-bond acceptors (Lipinski definition) is 17. The molecule has 28 heteroatoms. The molecule has 0 spiro atoms. The molecule has 3 saturated heterocycles. The van der Waals surface area contributed by atoms with Gasteiger partial charge in [-0.2, -0.15) is 13.2 Å². The second kappa shape index (κ2) is 32.6. The summed E-state index contributed by atoms with van der Waals surface area (Å²) >= 11 is 9.18. The van der Waals surface area contributed by atoms with Gasteiger partial charge in [-0.25, -0.2) is 30.9 Å². The number of carbonyl (C=O) groups is 4. The zero-order valence-electron chi connectivity index (χ0n) is 59.5. The van der Waals surface area contributed by atoms with Gasteiger partial charge in [0.05, 0.1) is 32.8 Å². The molecule has 104 heavy (non-hydrogen) atoms. The summed E-state index contributed by atoms with van der Waals surface area (Å²) in [5.41, 5.74) is 1.38. The molecular weight excluding hydrogens is 1440 g/mol. The van der Waals surface area contributed by atoms with Gasteiger partial charge in [-0.3, -0.25) is 24.1 Å². The highest BCUT2D eigenvalue weighted by Crippen LogP contribution is 2.44. The molecule has 4 fully saturated rings. The van der Waals surface area contributed by atoms with E-state index in [2.05, 4.69) is 72.6 Å². The average molecular weight is 1530 g/mol. The van der Waals surface area contributed by atoms with Crippen molar-refractivity contribution in [3.8, 4) is 10.4 Å². The van der Waals surface area contributed by atoms with Crippen LogP contribution in [0.2, 0.25) is 5.02 Å². The Morgan fingerprint density at radius 1 is 0.798 bits per heavy atom. The van der Waals surface area contributed by atoms with Crippen LogP contribution in [0.25, 0.3) is 16.0 Å². The molecule has 0 radical (unpaired) electrons. The molecule has 4 heterocycles. The number of aliphatic hydroxyl groups excluding tert-OH is 1. The molecule has 5 N–H and O–H groups in total. The van der Waals surface area contributed by atoms with E-state index in [1.807, 2.05) is 66.2 Å². The van der Waals surface area contributed by atoms with Crippen molar-refractivity contribution >= 4 is 95.1 Å². The molecule has 2 aliphatic carbocycles. The number of nitrogens with zero attached hydrogens (tertiary/aromatic N) is 6. The van der Waals surface area contributed by atoms with E-state index in [9.17, 15) is 58.7 Å². The van der Waals surface area contributed by atoms with Crippen molar-refractivity contribution in [3.63, 3.8) is 0 Å². The first-order chi connectivity index (χ1) is 49.2. The fourth-order valence-electron chi connectivity index (χ4n) is 14.2. The minimum atomic E-state index is -6.17. The number of alkyl halides is 4. The molecule has 11 rings (SSSR count). The summed E-state index contributed by atoms with van der Waals surface area (Å²) in [5.74, 6) is -2.66. The Balaban J connectivity index is 0.702. The van der Waals surface area contributed by atoms with Gasteiger partial charge < -0.3 is 40.7 Å². The fourth-order valence-corrected chi connectivity index (χ4v) is 18.1. The number of hydrogen-bond donors (Lipinski definition) is 5. The van der Waals surface area contributed by atoms with Crippen LogP contribution in [0.15, 0.2) is 141 Å². The summed E-state index contributed by atoms with van der Waals surface area (Å²) in [4.78, 5) is 69.4. The third kappa shape index (κ3) is 19.4. The third-order valence-corrected chi connectivity index (χ3v) is 25.7. The van der Waals surface area contributed by atoms with Crippen molar-refractivity contribution in [1.29, 1.82) is 0 Å². The van der Waals surface area contributed by atoms with Crippen LogP contribution in [0.4, 0.5) is 28.9 Å². The number of nitrogens with one attached hydrogen (secondary N) is 4. The second-order valence-electron chi connectivity index (χ2n) is 29.9. The van der Waals surface area contributed by atoms with E-state index >= 15 is 0 Å². The van der Waals surface area contributed by atoms with Crippen LogP contribution >= 0.6 is 34.7 Å². The smallest absolute Gasteiger partial charge is 0.391 e. The van der Waals surface area contributed by atoms with Crippen LogP contribution in [0, 0.1) is 17.8 Å². The van der Waals surface area contributed by atoms with E-state index in [0.29, 0.717) is 75.5 Å². The molecule has 1 saturated carbocycles. The van der Waals surface area contributed by atoms with E-state index in [1.54, 1.807) is 38.4 Å². The number of likely N-dealkylation sites (tertiary alicyclic amines) is 1. The van der Waals surface area contributed by atoms with Crippen molar-refractivity contribution in [2.75, 3.05) is 94.5 Å². The summed E-state index contributed by atoms with van der Waals surface area (Å²) in [6.07, 6.45) is 3.99. The predicted molar refractivity (Wildman–Crippen MR) is 401 cm³/mol. The van der Waals surface area contributed by atoms with Crippen LogP contribution in [0.3, 0.4) is 0 Å². The number of allylic oxidation sites excluding steroid dienone is 1. The number of aromatic nitrogens is 1. The Kier molecular flexibility index (Phi) is 24.5. The fraction of sp³-hybridized carbons (Fsp3) is 0.487. The molecule has 4 atom stereocenters. The second-order valence-corrected chi connectivity index (χ2v) is 35.9. The maximum atomic E-state index is 14.8. The topological polar surface area (TPSA) is 234 Å². The highest BCUT2D eigenvalue weighted by atomic mass is 35.5. The number of rotatable bonds is 27. The number of amides is 4. The number of anilines is 2. The third-order valence-electron chi connectivity index (χ3n) is 20.5. The lowest BCUT2D eigenvalue weighted by Gasteiger charge is -2.39. The van der Waals surface area contributed by atoms with E-state index < -0.39 is 99.8 Å². The van der Waals surface area contributed by atoms with Gasteiger partial charge in [0, 0.05) is 118 Å². The van der Waals surface area contributed by atoms with Crippen molar-refractivity contribution in [2.24, 2.45) is 10.8 Å². The summed E-state index contributed by atoms with van der Waals surface area (Å²) in [6, 6.07) is 29.4. The zero-order chi connectivity index (χ0) is 74.5. The Bertz CT molecular complexity index is 4330. The number of aryl methyl sites for hydroxylation is 2. The molecule has 5 aromatic carbocycles. The zero-order valence-corrected chi connectivity index (χ0v) is 63.6. The van der Waals surface area contributed by atoms with Gasteiger partial charge in [-0.1, -0.05) is 94.3 Å². The summed E-state index contributed by atoms with van der Waals surface area (Å²) in [7, 11) is -11.1. The van der Waals surface area contributed by atoms with Crippen LogP contribution in [-0.4, -0.2) is 190 Å². The van der Waals surface area contributed by atoms with E-state index in [-0.39, 0.29) is 43.3 Å². The Hall–Kier alpha value is -6.95. The minimum Gasteiger partial charge on any atom is -0.391 e. The Morgan fingerprint density at radius 2 is 1.46 bits per heavy atom. The van der Waals surface area contributed by atoms with Crippen LogP contribution in [-0.2, 0) is 47.2 Å². The van der Waals surface area contributed by atoms with Crippen molar-refractivity contribution in [2.45, 2.75) is 156 Å². The van der Waals surface area contributed by atoms with Crippen LogP contribution < -0.4 is 25.6 Å². The number of β-amino-alcohol motifs (C(OH)–C–C–N with tert-alkyl or cyclic N) is 1. The molecule has 5 aliphatic rings. The van der Waals surface area contributed by atoms with E-state index in [4.69, 9.17) is 11.6 Å². The highest BCUT2D eigenvalue weighted by molar-refractivity contribution is 7.99. The van der Waals surface area contributed by atoms with Gasteiger partial charge in [-0.15, -0.1) is 23.1 Å². The van der Waals surface area contributed by atoms with Crippen molar-refractivity contribution < 1.29 is 58.7 Å². The number of sulfonamides is 1. The number of thiazole rings is 1. The lowest BCUT2D eigenvalue weighted by Crippen LogP contribution is -2.59. The highest BCUT2D eigenvalue weighted by Gasteiger charge is 2.54. The molecule has 0 unspecified atom stereocenters. The van der Waals surface area contributed by atoms with Gasteiger partial charge in [-0.05, 0) is 176 Å². The Morgan fingerprint density at radius 3 is 2.11 bits per heavy atom. The quantitative estimate of drug-likeness (QED) is 0.0238. The standard InChI is InChI=1S/C76H93ClF4N10O9S4/c1-50-67(102-49-83-50)54-14-15-55(45-82-70(94)65-42-60(92)47-91(65)71(95)68(73(2,3)4)85-72(96)75(78)29-30-75)53(41-54)11-10-31-87-33-35-88(36-34-87)32-27-58(48-101-61-12-8-7-9-13-61)84-64-25-24-62(43-66(64)103(97,98)76(79,80)81)104(99,100)86-69(93)52-18-22-59(23-19-52)90-39-37-89(38-40-90)46-56-44-74(5,6)28-26-63(56)51-16-20-57(77)21-17-51/h7-9,12-25,41,43,49,58,60,65,68,84,92H,10-11,26-40,42,44-48H2,1-6H3,(H,82,94)(H,85,96)(H,86,93)/t58-,60-,65+,68-/m1/s1. The number of halogens is 5. The molecule has 6 aromatic rings. The number of piperazine rings is 2. The molecular formula is C76H93ClF4N10O9S4. The molecule has 3 aliphatic heterocycles. The molecule has 4 amide bonds. The number of thioether (sulfide) groups is 1. The molecule has 19 nitrogen and oxygen atoms in total. The van der Waals surface area contributed by atoms with Crippen LogP contribution in [0.1, 0.15) is 119 Å². The molecule has 1 aromatic heterocycles. The average Bonchev–Trinajstić information content (AvgIpc) is 0.845. The Labute approximate surface area is 620 Å². The maximum Gasteiger partial charge on any atom is 0.501 e. The number of aliphatic hydroxyl groups is 1. The normalized spacial score (nSPS) is 19.7. The first-order valence-corrected chi connectivity index (χ1v) is 40.7. The minimum absolute atomic E-state index is 0.0114. The number of carbonyl (C=O) groups excluding carboxylic acids is 4. The lowest BCUT2D eigenvalue weighted by atomic mass is 9.73. The van der Waals surface area contributed by atoms with Gasteiger partial charge in [0.1, 0.15) is 17.0 Å². The van der Waals surface area contributed by atoms with Gasteiger partial charge >= 0.3 is 5.51 Å². The predicted octanol–water partition coefficient (Wildman–Crippen LogP) is 11.8. The molecule has 0 bridgehead atoms. The first-order valence-electron chi connectivity index (χ1n) is 35.5. The van der Waals surface area contributed by atoms with Crippen LogP contribution in [0.5, 0.6) is 0 Å². The van der Waals surface area contributed by atoms with Gasteiger partial charge in [0.25, 0.3) is 31.7 Å². The van der Waals surface area contributed by atoms with Gasteiger partial charge in [0.2, 0.25) is 11.8 Å². The number of benzene rings is 5. The monoisotopic (exact) mass is 1530 g/mol. The van der Waals surface area contributed by atoms with Crippen molar-refractivity contribution in [1.82, 2.24) is 39.9 Å². The van der Waals surface area contributed by atoms with E-state index in [1.165, 1.54) is 56.8 Å². The van der Waals surface area contributed by atoms with Gasteiger partial charge in [0.15, 0.2) is 5.67 Å². The molecule has 560 valence electrons. The SMILES string of the molecule is Cc1ncsc1-c1ccc(CNC(=O)[C@@H]2C[C@@H](O)CN2C(=O)[C@@H](NC(=O)C2(F)CC2)C(C)(C)C)c(CCCN2CCN(CC[C@H](CSc3ccccc3)Nc3ccc(S(=O)(=O)NC(=O)c4ccc(N5CCN(CC6=C(c7ccc(Cl)cc7)CCC(C)(C)C6)CC5)cc4)cc3S(=O)(=O)C(F)(F)F)CC2)c1. The maximum absolute atomic E-state index is 14.8. The van der Waals surface area contributed by atoms with Crippen molar-refractivity contribution in [3.05, 3.63) is 159 Å². The first kappa shape index (κ1) is 78.1. The lowest BCUT2D eigenvalue weighted by molar-refractivity contribution is -0.145.